The largest absolute Gasteiger partial charge is 0.311 e. The van der Waals surface area contributed by atoms with Gasteiger partial charge in [0.15, 0.2) is 11.6 Å². The molecule has 0 saturated carbocycles. The Morgan fingerprint density at radius 3 is 2.18 bits per heavy atom. The summed E-state index contributed by atoms with van der Waals surface area (Å²) in [6.45, 7) is 0. The average Bonchev–Trinajstić information content (AvgIpc) is 2.64. The highest BCUT2D eigenvalue weighted by Crippen LogP contribution is 2.39. The minimum absolute atomic E-state index is 0.0524. The van der Waals surface area contributed by atoms with Crippen LogP contribution in [0.15, 0.2) is 12.1 Å². The average molecular weight is 241 g/mol. The Morgan fingerprint density at radius 2 is 1.53 bits per heavy atom. The van der Waals surface area contributed by atoms with E-state index in [2.05, 4.69) is 5.32 Å². The van der Waals surface area contributed by atoms with Gasteiger partial charge < -0.3 is 5.32 Å². The van der Waals surface area contributed by atoms with Crippen LogP contribution in [0.25, 0.3) is 0 Å². The van der Waals surface area contributed by atoms with Gasteiger partial charge in [-0.2, -0.15) is 0 Å². The van der Waals surface area contributed by atoms with Gasteiger partial charge in [-0.05, 0) is 43.7 Å². The van der Waals surface area contributed by atoms with Crippen molar-refractivity contribution in [2.75, 3.05) is 0 Å². The highest BCUT2D eigenvalue weighted by molar-refractivity contribution is 5.26. The van der Waals surface area contributed by atoms with E-state index in [1.165, 1.54) is 0 Å². The molecule has 0 aromatic heterocycles. The minimum atomic E-state index is -1.00. The van der Waals surface area contributed by atoms with Crippen LogP contribution in [0.1, 0.15) is 37.2 Å². The maximum absolute atomic E-state index is 13.7. The van der Waals surface area contributed by atoms with Gasteiger partial charge >= 0.3 is 0 Å². The Balaban J connectivity index is 1.96. The summed E-state index contributed by atoms with van der Waals surface area (Å²) in [6.07, 6.45) is 3.51. The third kappa shape index (κ3) is 1.84. The maximum Gasteiger partial charge on any atom is 0.165 e. The number of hydrogen-bond acceptors (Lipinski definition) is 1. The van der Waals surface area contributed by atoms with Crippen LogP contribution >= 0.6 is 0 Å². The monoisotopic (exact) mass is 241 g/mol. The Morgan fingerprint density at radius 1 is 0.941 bits per heavy atom. The number of benzene rings is 1. The molecule has 2 heterocycles. The number of rotatable bonds is 1. The zero-order valence-electron chi connectivity index (χ0n) is 9.35. The van der Waals surface area contributed by atoms with Crippen molar-refractivity contribution in [3.8, 4) is 0 Å². The van der Waals surface area contributed by atoms with E-state index in [0.717, 1.165) is 25.0 Å². The molecule has 92 valence electrons. The Labute approximate surface area is 98.0 Å². The van der Waals surface area contributed by atoms with E-state index in [0.29, 0.717) is 24.9 Å². The molecule has 0 spiro atoms. The highest BCUT2D eigenvalue weighted by atomic mass is 19.2. The fourth-order valence-electron chi connectivity index (χ4n) is 3.21. The quantitative estimate of drug-likeness (QED) is 0.745. The summed E-state index contributed by atoms with van der Waals surface area (Å²) in [6, 6.07) is 2.54. The van der Waals surface area contributed by atoms with Crippen molar-refractivity contribution in [2.45, 2.75) is 43.7 Å². The molecule has 3 rings (SSSR count). The van der Waals surface area contributed by atoms with Crippen molar-refractivity contribution in [3.63, 3.8) is 0 Å². The smallest absolute Gasteiger partial charge is 0.165 e. The molecule has 1 nitrogen and oxygen atoms in total. The molecular formula is C13H14F3N. The predicted octanol–water partition coefficient (Wildman–Crippen LogP) is 3.10. The first kappa shape index (κ1) is 11.1. The molecule has 0 amide bonds. The lowest BCUT2D eigenvalue weighted by Crippen LogP contribution is -2.37. The number of hydrogen-bond donors (Lipinski definition) is 1. The van der Waals surface area contributed by atoms with E-state index in [1.54, 1.807) is 0 Å². The second-order valence-electron chi connectivity index (χ2n) is 5.06. The van der Waals surface area contributed by atoms with Crippen LogP contribution in [0.2, 0.25) is 0 Å². The molecule has 2 aliphatic rings. The fourth-order valence-corrected chi connectivity index (χ4v) is 3.21. The first-order valence-corrected chi connectivity index (χ1v) is 6.04. The number of fused-ring (bicyclic) bond motifs is 2. The lowest BCUT2D eigenvalue weighted by molar-refractivity contribution is 0.343. The first-order valence-electron chi connectivity index (χ1n) is 6.04. The number of nitrogens with one attached hydrogen (secondary N) is 1. The third-order valence-corrected chi connectivity index (χ3v) is 3.96. The summed E-state index contributed by atoms with van der Waals surface area (Å²) in [7, 11) is 0. The number of piperidine rings is 1. The summed E-state index contributed by atoms with van der Waals surface area (Å²) < 4.78 is 40.5. The lowest BCUT2D eigenvalue weighted by Gasteiger charge is -2.29. The molecule has 17 heavy (non-hydrogen) atoms. The van der Waals surface area contributed by atoms with Crippen molar-refractivity contribution < 1.29 is 13.2 Å². The van der Waals surface area contributed by atoms with Gasteiger partial charge in [0.25, 0.3) is 0 Å². The summed E-state index contributed by atoms with van der Waals surface area (Å²) in [5.41, 5.74) is -0.0524. The van der Waals surface area contributed by atoms with E-state index >= 15 is 0 Å². The normalized spacial score (nSPS) is 31.8. The molecule has 1 aromatic carbocycles. The van der Waals surface area contributed by atoms with Gasteiger partial charge in [0.2, 0.25) is 0 Å². The van der Waals surface area contributed by atoms with Crippen molar-refractivity contribution in [1.82, 2.24) is 5.32 Å². The molecule has 2 bridgehead atoms. The second kappa shape index (κ2) is 4.02. The number of halogens is 3. The molecule has 2 saturated heterocycles. The van der Waals surface area contributed by atoms with Gasteiger partial charge in [0.1, 0.15) is 5.82 Å². The summed E-state index contributed by atoms with van der Waals surface area (Å²) in [5.74, 6) is -2.76. The van der Waals surface area contributed by atoms with Crippen LogP contribution in [0.3, 0.4) is 0 Å². The van der Waals surface area contributed by atoms with Crippen LogP contribution in [-0.4, -0.2) is 12.1 Å². The highest BCUT2D eigenvalue weighted by Gasteiger charge is 2.36. The third-order valence-electron chi connectivity index (χ3n) is 3.96. The molecule has 1 N–H and O–H groups in total. The SMILES string of the molecule is Fc1ccc(F)c(C2CC3CCC(C2)N3)c1F. The molecule has 0 aliphatic carbocycles. The van der Waals surface area contributed by atoms with Crippen LogP contribution < -0.4 is 5.32 Å². The van der Waals surface area contributed by atoms with E-state index < -0.39 is 17.5 Å². The maximum atomic E-state index is 13.7. The summed E-state index contributed by atoms with van der Waals surface area (Å²) >= 11 is 0. The Bertz CT molecular complexity index is 435. The standard InChI is InChI=1S/C13H14F3N/c14-10-3-4-11(15)13(16)12(10)7-5-8-1-2-9(6-7)17-8/h3-4,7-9,17H,1-2,5-6H2. The van der Waals surface area contributed by atoms with Crippen molar-refractivity contribution >= 4 is 0 Å². The summed E-state index contributed by atoms with van der Waals surface area (Å²) in [5, 5.41) is 3.40. The molecule has 0 radical (unpaired) electrons. The molecule has 1 aromatic rings. The molecule has 2 fully saturated rings. The van der Waals surface area contributed by atoms with Crippen LogP contribution in [0.5, 0.6) is 0 Å². The van der Waals surface area contributed by atoms with Crippen LogP contribution in [-0.2, 0) is 0 Å². The van der Waals surface area contributed by atoms with Gasteiger partial charge in [-0.15, -0.1) is 0 Å². The lowest BCUT2D eigenvalue weighted by atomic mass is 9.85. The molecule has 2 aliphatic heterocycles. The van der Waals surface area contributed by atoms with Crippen LogP contribution in [0, 0.1) is 17.5 Å². The van der Waals surface area contributed by atoms with Gasteiger partial charge in [-0.3, -0.25) is 0 Å². The Hall–Kier alpha value is -1.03. The van der Waals surface area contributed by atoms with Gasteiger partial charge in [-0.25, -0.2) is 13.2 Å². The predicted molar refractivity (Wildman–Crippen MR) is 58.2 cm³/mol. The van der Waals surface area contributed by atoms with Crippen molar-refractivity contribution in [3.05, 3.63) is 35.1 Å². The van der Waals surface area contributed by atoms with E-state index in [-0.39, 0.29) is 11.5 Å². The second-order valence-corrected chi connectivity index (χ2v) is 5.06. The first-order chi connectivity index (χ1) is 8.15. The molecule has 4 heteroatoms. The molecular weight excluding hydrogens is 227 g/mol. The zero-order valence-corrected chi connectivity index (χ0v) is 9.35. The van der Waals surface area contributed by atoms with E-state index in [4.69, 9.17) is 0 Å². The van der Waals surface area contributed by atoms with E-state index in [1.807, 2.05) is 0 Å². The fraction of sp³-hybridized carbons (Fsp3) is 0.538. The molecule has 2 atom stereocenters. The van der Waals surface area contributed by atoms with Gasteiger partial charge in [-0.1, -0.05) is 0 Å². The van der Waals surface area contributed by atoms with E-state index in [9.17, 15) is 13.2 Å². The zero-order chi connectivity index (χ0) is 12.0. The Kier molecular flexibility index (Phi) is 2.62. The van der Waals surface area contributed by atoms with Crippen LogP contribution in [0.4, 0.5) is 13.2 Å². The topological polar surface area (TPSA) is 12.0 Å². The van der Waals surface area contributed by atoms with Gasteiger partial charge in [0, 0.05) is 17.6 Å². The summed E-state index contributed by atoms with van der Waals surface area (Å²) in [4.78, 5) is 0. The van der Waals surface area contributed by atoms with Crippen molar-refractivity contribution in [1.29, 1.82) is 0 Å². The molecule has 2 unspecified atom stereocenters. The van der Waals surface area contributed by atoms with Gasteiger partial charge in [0.05, 0.1) is 0 Å². The minimum Gasteiger partial charge on any atom is -0.311 e. The van der Waals surface area contributed by atoms with Crippen molar-refractivity contribution in [2.24, 2.45) is 0 Å².